The summed E-state index contributed by atoms with van der Waals surface area (Å²) in [7, 11) is 0. The van der Waals surface area contributed by atoms with Crippen molar-refractivity contribution >= 4 is 38.1 Å². The van der Waals surface area contributed by atoms with Crippen LogP contribution in [0.2, 0.25) is 0 Å². The Labute approximate surface area is 234 Å². The molecule has 8 aromatic rings. The number of hydrogen-bond donors (Lipinski definition) is 0. The minimum atomic E-state index is 0.574. The predicted molar refractivity (Wildman–Crippen MR) is 160 cm³/mol. The lowest BCUT2D eigenvalue weighted by Crippen LogP contribution is -2.00. The molecule has 3 aromatic heterocycles. The standard InChI is InChI=1S/C35H18N6/c36-19-21-11-13-30-26(15-21)28-16-22(20-37)17-29-27-18-25(12-14-31(27)41(30)32(28)29)35-39-33(23-7-3-1-4-8-23)38-34(40-35)24-9-5-2-6-10-24/h1-18H. The van der Waals surface area contributed by atoms with Gasteiger partial charge >= 0.3 is 0 Å². The summed E-state index contributed by atoms with van der Waals surface area (Å²) in [5.74, 6) is 1.79. The first-order chi connectivity index (χ1) is 20.2. The lowest BCUT2D eigenvalue weighted by atomic mass is 10.0. The summed E-state index contributed by atoms with van der Waals surface area (Å²) in [5.41, 5.74) is 6.91. The highest BCUT2D eigenvalue weighted by atomic mass is 15.0. The van der Waals surface area contributed by atoms with E-state index in [1.165, 1.54) is 0 Å². The fourth-order valence-corrected chi connectivity index (χ4v) is 5.76. The van der Waals surface area contributed by atoms with Gasteiger partial charge in [-0.3, -0.25) is 0 Å². The van der Waals surface area contributed by atoms with Crippen molar-refractivity contribution in [2.24, 2.45) is 0 Å². The third-order valence-electron chi connectivity index (χ3n) is 7.60. The molecular weight excluding hydrogens is 504 g/mol. The Morgan fingerprint density at radius 2 is 0.951 bits per heavy atom. The fraction of sp³-hybridized carbons (Fsp3) is 0. The van der Waals surface area contributed by atoms with Crippen LogP contribution in [0.15, 0.2) is 109 Å². The Morgan fingerprint density at radius 1 is 0.463 bits per heavy atom. The van der Waals surface area contributed by atoms with Crippen molar-refractivity contribution < 1.29 is 0 Å². The molecule has 0 saturated heterocycles. The zero-order valence-electron chi connectivity index (χ0n) is 21.6. The molecule has 41 heavy (non-hydrogen) atoms. The Kier molecular flexibility index (Phi) is 4.85. The van der Waals surface area contributed by atoms with Gasteiger partial charge in [0.15, 0.2) is 17.5 Å². The summed E-state index contributed by atoms with van der Waals surface area (Å²) >= 11 is 0. The molecule has 0 bridgehead atoms. The van der Waals surface area contributed by atoms with Crippen LogP contribution in [0.5, 0.6) is 0 Å². The number of fused-ring (bicyclic) bond motifs is 6. The molecule has 188 valence electrons. The van der Waals surface area contributed by atoms with Crippen LogP contribution in [0.25, 0.3) is 72.3 Å². The first kappa shape index (κ1) is 22.8. The third-order valence-corrected chi connectivity index (χ3v) is 7.60. The maximum Gasteiger partial charge on any atom is 0.164 e. The van der Waals surface area contributed by atoms with Crippen molar-refractivity contribution in [1.29, 1.82) is 10.5 Å². The monoisotopic (exact) mass is 522 g/mol. The van der Waals surface area contributed by atoms with Gasteiger partial charge in [0.1, 0.15) is 0 Å². The van der Waals surface area contributed by atoms with Gasteiger partial charge in [0.05, 0.1) is 39.8 Å². The van der Waals surface area contributed by atoms with E-state index in [4.69, 9.17) is 15.0 Å². The minimum Gasteiger partial charge on any atom is -0.308 e. The van der Waals surface area contributed by atoms with E-state index in [2.05, 4.69) is 28.7 Å². The number of benzene rings is 5. The second-order valence-electron chi connectivity index (χ2n) is 9.98. The molecule has 6 heteroatoms. The van der Waals surface area contributed by atoms with Gasteiger partial charge in [0, 0.05) is 38.2 Å². The van der Waals surface area contributed by atoms with Crippen molar-refractivity contribution in [3.63, 3.8) is 0 Å². The Bertz CT molecular complexity index is 2320. The SMILES string of the molecule is N#Cc1ccc2c(c1)c1cc(C#N)cc3c4cc(-c5nc(-c6ccccc6)nc(-c6ccccc6)n5)ccc4n2c13. The van der Waals surface area contributed by atoms with Gasteiger partial charge in [-0.25, -0.2) is 15.0 Å². The normalized spacial score (nSPS) is 11.4. The highest BCUT2D eigenvalue weighted by molar-refractivity contribution is 6.24. The van der Waals surface area contributed by atoms with E-state index in [9.17, 15) is 10.5 Å². The topological polar surface area (TPSA) is 90.7 Å². The average molecular weight is 523 g/mol. The van der Waals surface area contributed by atoms with Gasteiger partial charge in [-0.05, 0) is 48.5 Å². The first-order valence-electron chi connectivity index (χ1n) is 13.2. The molecule has 0 amide bonds. The first-order valence-corrected chi connectivity index (χ1v) is 13.2. The predicted octanol–water partition coefficient (Wildman–Crippen LogP) is 7.77. The van der Waals surface area contributed by atoms with Crippen molar-refractivity contribution in [2.75, 3.05) is 0 Å². The number of nitriles is 2. The zero-order valence-corrected chi connectivity index (χ0v) is 21.6. The van der Waals surface area contributed by atoms with Crippen LogP contribution in [-0.2, 0) is 0 Å². The summed E-state index contributed by atoms with van der Waals surface area (Å²) in [4.78, 5) is 14.6. The van der Waals surface area contributed by atoms with Crippen LogP contribution in [0.1, 0.15) is 11.1 Å². The second kappa shape index (κ2) is 8.71. The molecule has 0 unspecified atom stereocenters. The van der Waals surface area contributed by atoms with Crippen LogP contribution < -0.4 is 0 Å². The molecule has 0 fully saturated rings. The van der Waals surface area contributed by atoms with Crippen molar-refractivity contribution in [1.82, 2.24) is 19.4 Å². The summed E-state index contributed by atoms with van der Waals surface area (Å²) in [5, 5.41) is 23.3. The van der Waals surface area contributed by atoms with E-state index < -0.39 is 0 Å². The number of rotatable bonds is 3. The van der Waals surface area contributed by atoms with E-state index in [0.717, 1.165) is 54.8 Å². The van der Waals surface area contributed by atoms with Gasteiger partial charge < -0.3 is 4.40 Å². The summed E-state index contributed by atoms with van der Waals surface area (Å²) in [6.45, 7) is 0. The molecule has 0 aliphatic carbocycles. The fourth-order valence-electron chi connectivity index (χ4n) is 5.76. The van der Waals surface area contributed by atoms with Gasteiger partial charge in [0.2, 0.25) is 0 Å². The average Bonchev–Trinajstić information content (AvgIpc) is 3.55. The molecule has 0 aliphatic rings. The molecule has 0 atom stereocenters. The Balaban J connectivity index is 1.41. The van der Waals surface area contributed by atoms with Crippen molar-refractivity contribution in [2.45, 2.75) is 0 Å². The lowest BCUT2D eigenvalue weighted by Gasteiger charge is -2.09. The van der Waals surface area contributed by atoms with Crippen LogP contribution in [0.3, 0.4) is 0 Å². The smallest absolute Gasteiger partial charge is 0.164 e. The van der Waals surface area contributed by atoms with Crippen molar-refractivity contribution in [3.8, 4) is 46.3 Å². The molecular formula is C35H18N6. The number of aromatic nitrogens is 4. The van der Waals surface area contributed by atoms with E-state index in [1.807, 2.05) is 97.1 Å². The molecule has 0 spiro atoms. The largest absolute Gasteiger partial charge is 0.308 e. The van der Waals surface area contributed by atoms with Crippen molar-refractivity contribution in [3.05, 3.63) is 120 Å². The zero-order chi connectivity index (χ0) is 27.5. The molecule has 0 radical (unpaired) electrons. The third kappa shape index (κ3) is 3.45. The van der Waals surface area contributed by atoms with Gasteiger partial charge in [-0.1, -0.05) is 60.7 Å². The van der Waals surface area contributed by atoms with E-state index >= 15 is 0 Å². The van der Waals surface area contributed by atoms with Crippen LogP contribution >= 0.6 is 0 Å². The van der Waals surface area contributed by atoms with Crippen LogP contribution in [0.4, 0.5) is 0 Å². The second-order valence-corrected chi connectivity index (χ2v) is 9.98. The van der Waals surface area contributed by atoms with Gasteiger partial charge in [-0.2, -0.15) is 10.5 Å². The van der Waals surface area contributed by atoms with Gasteiger partial charge in [-0.15, -0.1) is 0 Å². The molecule has 6 nitrogen and oxygen atoms in total. The highest BCUT2D eigenvalue weighted by Crippen LogP contribution is 2.41. The summed E-state index contributed by atoms with van der Waals surface area (Å²) in [6, 6.07) is 40.2. The molecule has 0 aliphatic heterocycles. The molecule has 8 rings (SSSR count). The molecule has 3 heterocycles. The molecule has 5 aromatic carbocycles. The van der Waals surface area contributed by atoms with E-state index in [0.29, 0.717) is 28.6 Å². The van der Waals surface area contributed by atoms with Gasteiger partial charge in [0.25, 0.3) is 0 Å². The lowest BCUT2D eigenvalue weighted by molar-refractivity contribution is 1.07. The van der Waals surface area contributed by atoms with E-state index in [1.54, 1.807) is 0 Å². The molecule has 0 saturated carbocycles. The Morgan fingerprint density at radius 3 is 1.51 bits per heavy atom. The summed E-state index contributed by atoms with van der Waals surface area (Å²) in [6.07, 6.45) is 0. The number of nitrogens with zero attached hydrogens (tertiary/aromatic N) is 6. The van der Waals surface area contributed by atoms with Crippen LogP contribution in [-0.4, -0.2) is 19.4 Å². The highest BCUT2D eigenvalue weighted by Gasteiger charge is 2.20. The van der Waals surface area contributed by atoms with E-state index in [-0.39, 0.29) is 0 Å². The quantitative estimate of drug-likeness (QED) is 0.236. The maximum absolute atomic E-state index is 9.87. The summed E-state index contributed by atoms with van der Waals surface area (Å²) < 4.78 is 2.22. The Hall–Kier alpha value is -6.11. The minimum absolute atomic E-state index is 0.574. The van der Waals surface area contributed by atoms with Crippen LogP contribution in [0, 0.1) is 22.7 Å². The molecule has 0 N–H and O–H groups in total. The number of hydrogen-bond acceptors (Lipinski definition) is 5. The maximum atomic E-state index is 9.87.